The third-order valence-corrected chi connectivity index (χ3v) is 19.4. The van der Waals surface area contributed by atoms with Gasteiger partial charge in [-0.15, -0.1) is 22.7 Å². The van der Waals surface area contributed by atoms with Gasteiger partial charge in [0.25, 0.3) is 22.9 Å². The summed E-state index contributed by atoms with van der Waals surface area (Å²) in [4.78, 5) is 110. The van der Waals surface area contributed by atoms with Crippen LogP contribution < -0.4 is 32.4 Å². The number of nitrogens with zero attached hydrogens (tertiary/aromatic N) is 8. The van der Waals surface area contributed by atoms with E-state index in [1.165, 1.54) is 31.8 Å². The van der Waals surface area contributed by atoms with E-state index < -0.39 is 6.10 Å². The molecule has 3 unspecified atom stereocenters. The van der Waals surface area contributed by atoms with E-state index in [2.05, 4.69) is 31.2 Å². The number of thiophene rings is 2. The van der Waals surface area contributed by atoms with Crippen molar-refractivity contribution in [3.05, 3.63) is 183 Å². The normalized spacial score (nSPS) is 17.8. The molecule has 0 saturated carbocycles. The van der Waals surface area contributed by atoms with Crippen LogP contribution in [0.5, 0.6) is 0 Å². The van der Waals surface area contributed by atoms with E-state index >= 15 is 0 Å². The van der Waals surface area contributed by atoms with E-state index in [1.807, 2.05) is 149 Å². The minimum Gasteiger partial charge on any atom is -0.388 e. The molecule has 4 aliphatic rings. The molecule has 5 N–H and O–H groups in total. The molecule has 12 rings (SSSR count). The van der Waals surface area contributed by atoms with E-state index in [0.29, 0.717) is 68.3 Å². The summed E-state index contributed by atoms with van der Waals surface area (Å²) in [5.74, 6) is 0.0689. The van der Waals surface area contributed by atoms with Crippen LogP contribution in [-0.2, 0) is 36.5 Å². The number of rotatable bonds is 12. The first-order valence-electron chi connectivity index (χ1n) is 29.3. The number of likely N-dealkylation sites (N-methyl/N-ethyl adjacent to an activating group) is 4. The molecule has 4 aromatic carbocycles. The van der Waals surface area contributed by atoms with Gasteiger partial charge in [-0.3, -0.25) is 43.4 Å². The van der Waals surface area contributed by atoms with Crippen molar-refractivity contribution in [2.24, 2.45) is 14.1 Å². The summed E-state index contributed by atoms with van der Waals surface area (Å²) in [6.45, 7) is 6.79. The van der Waals surface area contributed by atoms with Crippen LogP contribution in [0, 0.1) is 13.8 Å². The summed E-state index contributed by atoms with van der Waals surface area (Å²) >= 11 is 2.60. The lowest BCUT2D eigenvalue weighted by atomic mass is 9.97. The van der Waals surface area contributed by atoms with E-state index in [-0.39, 0.29) is 64.2 Å². The van der Waals surface area contributed by atoms with Crippen molar-refractivity contribution in [1.82, 2.24) is 38.7 Å². The number of fused-ring (bicyclic) bond motifs is 2. The van der Waals surface area contributed by atoms with Crippen molar-refractivity contribution in [3.63, 3.8) is 0 Å². The molecular weight excluding hydrogens is 1150 g/mol. The number of benzene rings is 4. The van der Waals surface area contributed by atoms with E-state index in [9.17, 15) is 38.7 Å². The third-order valence-electron chi connectivity index (χ3n) is 16.9. The molecule has 20 nitrogen and oxygen atoms in total. The second-order valence-electron chi connectivity index (χ2n) is 23.1. The van der Waals surface area contributed by atoms with Crippen LogP contribution in [-0.4, -0.2) is 128 Å². The third kappa shape index (κ3) is 12.5. The smallest absolute Gasteiger partial charge is 0.293 e. The molecule has 88 heavy (non-hydrogen) atoms. The molecule has 3 atom stereocenters. The van der Waals surface area contributed by atoms with Gasteiger partial charge in [0.15, 0.2) is 17.4 Å². The summed E-state index contributed by atoms with van der Waals surface area (Å²) in [7, 11) is 10.9. The number of carbonyl (C=O) groups excluding carboxylic acids is 5. The van der Waals surface area contributed by atoms with E-state index in [0.717, 1.165) is 94.6 Å². The highest BCUT2D eigenvalue weighted by Crippen LogP contribution is 2.38. The van der Waals surface area contributed by atoms with Crippen LogP contribution in [0.1, 0.15) is 111 Å². The number of nitrogens with one attached hydrogen (secondary N) is 4. The summed E-state index contributed by atoms with van der Waals surface area (Å²) in [6, 6.07) is 29.1. The number of piperazine rings is 2. The number of hydrogen-bond acceptors (Lipinski definition) is 16. The second-order valence-corrected chi connectivity index (χ2v) is 25.2. The average Bonchev–Trinajstić information content (AvgIpc) is 1.81. The van der Waals surface area contributed by atoms with E-state index in [4.69, 9.17) is 0 Å². The van der Waals surface area contributed by atoms with Crippen molar-refractivity contribution in [3.8, 4) is 22.5 Å². The van der Waals surface area contributed by atoms with Crippen LogP contribution in [0.4, 0.5) is 34.4 Å². The van der Waals surface area contributed by atoms with Crippen LogP contribution in [0.3, 0.4) is 0 Å². The molecule has 2 fully saturated rings. The number of aliphatic hydroxyl groups excluding tert-OH is 1. The number of amides is 4. The standard InChI is InChI=1S/C33H36N6O4S.C33H34N6O4S/c2*1-19-23(8-6-9-24(19)36-31(41)27-17-21-7-5-10-26(40)29(21)44-27)25-18-39(4)33(43)30(35-25)34-22-13-11-20(12-14-22)28-32(42)38(3)16-15-37(28)2/h6,8-9,11-14,17-18,26,28,40H,5,7,10,15-16H2,1-4H3,(H,34,35)(H,36,41);6,8-9,11-14,17-18,28H,5,7,10,15-16H2,1-4H3,(H,34,35)(H,36,41). The summed E-state index contributed by atoms with van der Waals surface area (Å²) in [6.07, 6.45) is 7.52. The van der Waals surface area contributed by atoms with Gasteiger partial charge < -0.3 is 45.3 Å². The molecule has 2 saturated heterocycles. The maximum atomic E-state index is 13.2. The van der Waals surface area contributed by atoms with Crippen molar-refractivity contribution < 1.29 is 29.1 Å². The molecule has 6 heterocycles. The number of hydrogen-bond donors (Lipinski definition) is 5. The first kappa shape index (κ1) is 60.7. The number of Topliss-reactive ketones (excluding diaryl/α,β-unsaturated/α-hetero) is 1. The molecule has 2 aliphatic carbocycles. The van der Waals surface area contributed by atoms with Crippen molar-refractivity contribution in [1.29, 1.82) is 0 Å². The number of aromatic nitrogens is 4. The van der Waals surface area contributed by atoms with Gasteiger partial charge in [-0.1, -0.05) is 48.5 Å². The average molecular weight is 1220 g/mol. The van der Waals surface area contributed by atoms with Crippen LogP contribution in [0.2, 0.25) is 0 Å². The summed E-state index contributed by atoms with van der Waals surface area (Å²) in [5.41, 5.74) is 10.1. The first-order chi connectivity index (χ1) is 42.2. The Bertz CT molecular complexity index is 4170. The SMILES string of the molecule is Cc1c(NC(=O)c2cc3c(s2)C(=O)CCC3)cccc1-c1cn(C)c(=O)c(Nc2ccc(C3C(=O)N(C)CCN3C)cc2)n1.Cc1c(NC(=O)c2cc3c(s2)C(O)CCC3)cccc1-c1cn(C)c(=O)c(Nc2ccc(C3C(=O)N(C)CCN3C)cc2)n1. The van der Waals surface area contributed by atoms with Gasteiger partial charge in [0.2, 0.25) is 11.8 Å². The minimum atomic E-state index is -0.503. The lowest BCUT2D eigenvalue weighted by Gasteiger charge is -2.37. The predicted molar refractivity (Wildman–Crippen MR) is 344 cm³/mol. The maximum Gasteiger partial charge on any atom is 0.293 e. The van der Waals surface area contributed by atoms with Crippen LogP contribution in [0.25, 0.3) is 22.5 Å². The second kappa shape index (κ2) is 25.4. The Balaban J connectivity index is 0.000000182. The largest absolute Gasteiger partial charge is 0.388 e. The monoisotopic (exact) mass is 1220 g/mol. The lowest BCUT2D eigenvalue weighted by Crippen LogP contribution is -2.48. The van der Waals surface area contributed by atoms with Gasteiger partial charge in [0, 0.05) is 112 Å². The zero-order valence-electron chi connectivity index (χ0n) is 50.4. The molecule has 454 valence electrons. The van der Waals surface area contributed by atoms with Gasteiger partial charge >= 0.3 is 0 Å². The fourth-order valence-electron chi connectivity index (χ4n) is 11.7. The number of aryl methyl sites for hydroxylation is 4. The van der Waals surface area contributed by atoms with Crippen LogP contribution >= 0.6 is 22.7 Å². The molecule has 8 aromatic rings. The summed E-state index contributed by atoms with van der Waals surface area (Å²) < 4.78 is 2.96. The maximum absolute atomic E-state index is 13.2. The molecule has 0 radical (unpaired) electrons. The highest BCUT2D eigenvalue weighted by Gasteiger charge is 2.34. The number of ketones is 1. The van der Waals surface area contributed by atoms with Crippen molar-refractivity contribution in [2.45, 2.75) is 70.6 Å². The quantitative estimate of drug-likeness (QED) is 0.0767. The highest BCUT2D eigenvalue weighted by atomic mass is 32.1. The molecule has 0 bridgehead atoms. The zero-order valence-corrected chi connectivity index (χ0v) is 52.0. The molecule has 22 heteroatoms. The molecule has 2 aliphatic heterocycles. The zero-order chi connectivity index (χ0) is 62.2. The fraction of sp³-hybridized carbons (Fsp3) is 0.318. The first-order valence-corrected chi connectivity index (χ1v) is 30.9. The van der Waals surface area contributed by atoms with Gasteiger partial charge in [-0.25, -0.2) is 9.97 Å². The van der Waals surface area contributed by atoms with E-state index in [1.54, 1.807) is 36.3 Å². The van der Waals surface area contributed by atoms with Crippen LogP contribution in [0.15, 0.2) is 119 Å². The number of aliphatic hydroxyl groups is 1. The van der Waals surface area contributed by atoms with Gasteiger partial charge in [-0.05, 0) is 142 Å². The predicted octanol–water partition coefficient (Wildman–Crippen LogP) is 9.40. The Morgan fingerprint density at radius 3 is 1.48 bits per heavy atom. The molecular formula is C66H70N12O8S2. The number of anilines is 6. The van der Waals surface area contributed by atoms with Gasteiger partial charge in [0.1, 0.15) is 12.1 Å². The highest BCUT2D eigenvalue weighted by molar-refractivity contribution is 7.16. The Morgan fingerprint density at radius 1 is 0.557 bits per heavy atom. The number of carbonyl (C=O) groups is 5. The van der Waals surface area contributed by atoms with Gasteiger partial charge in [0.05, 0.1) is 32.1 Å². The van der Waals surface area contributed by atoms with Crippen molar-refractivity contribution in [2.75, 3.05) is 75.6 Å². The lowest BCUT2D eigenvalue weighted by molar-refractivity contribution is -0.140. The topological polar surface area (TPSA) is 236 Å². The van der Waals surface area contributed by atoms with Gasteiger partial charge in [-0.2, -0.15) is 0 Å². The summed E-state index contributed by atoms with van der Waals surface area (Å²) in [5, 5.41) is 22.7. The molecule has 4 amide bonds. The molecule has 0 spiro atoms. The molecule has 4 aromatic heterocycles. The Morgan fingerprint density at radius 2 is 1.01 bits per heavy atom. The Kier molecular flexibility index (Phi) is 17.5. The fourth-order valence-corrected chi connectivity index (χ4v) is 13.9. The minimum absolute atomic E-state index is 0.0566. The van der Waals surface area contributed by atoms with Crippen molar-refractivity contribution >= 4 is 86.5 Å². The Hall–Kier alpha value is -8.93. The Labute approximate surface area is 517 Å².